The highest BCUT2D eigenvalue weighted by Gasteiger charge is 2.33. The van der Waals surface area contributed by atoms with Crippen LogP contribution in [0.3, 0.4) is 0 Å². The quantitative estimate of drug-likeness (QED) is 0.543. The lowest BCUT2D eigenvalue weighted by molar-refractivity contribution is -0.137. The van der Waals surface area contributed by atoms with Gasteiger partial charge in [0.2, 0.25) is 5.91 Å². The van der Waals surface area contributed by atoms with Crippen molar-refractivity contribution in [3.63, 3.8) is 0 Å². The van der Waals surface area contributed by atoms with E-state index in [1.165, 1.54) is 17.7 Å². The van der Waals surface area contributed by atoms with Gasteiger partial charge in [-0.05, 0) is 61.1 Å². The van der Waals surface area contributed by atoms with Gasteiger partial charge in [-0.1, -0.05) is 38.1 Å². The molecule has 3 unspecified atom stereocenters. The highest BCUT2D eigenvalue weighted by molar-refractivity contribution is 5.83. The van der Waals surface area contributed by atoms with Crippen LogP contribution in [0.15, 0.2) is 48.5 Å². The van der Waals surface area contributed by atoms with E-state index >= 15 is 0 Å². The number of aliphatic hydroxyl groups is 1. The number of hydrogen-bond donors (Lipinski definition) is 1. The molecule has 1 aliphatic heterocycles. The van der Waals surface area contributed by atoms with Crippen molar-refractivity contribution in [1.29, 1.82) is 0 Å². The second kappa shape index (κ2) is 11.3. The number of benzene rings is 2. The van der Waals surface area contributed by atoms with Crippen LogP contribution in [0.2, 0.25) is 0 Å². The molecule has 3 rings (SSSR count). The van der Waals surface area contributed by atoms with E-state index in [1.54, 1.807) is 4.90 Å². The predicted octanol–water partition coefficient (Wildman–Crippen LogP) is 5.54. The molecule has 0 saturated carbocycles. The van der Waals surface area contributed by atoms with Crippen LogP contribution in [0.5, 0.6) is 5.75 Å². The Hall–Kier alpha value is -2.54. The van der Waals surface area contributed by atoms with Crippen LogP contribution in [-0.4, -0.2) is 42.2 Å². The van der Waals surface area contributed by atoms with Crippen LogP contribution in [0.25, 0.3) is 0 Å². The van der Waals surface area contributed by atoms with Crippen LogP contribution in [0.1, 0.15) is 49.8 Å². The van der Waals surface area contributed by atoms with Gasteiger partial charge in [-0.3, -0.25) is 4.79 Å². The van der Waals surface area contributed by atoms with Crippen LogP contribution in [0.4, 0.5) is 13.2 Å². The molecule has 0 spiro atoms. The summed E-state index contributed by atoms with van der Waals surface area (Å²) in [5.74, 6) is 0.552. The molecule has 186 valence electrons. The van der Waals surface area contributed by atoms with Gasteiger partial charge >= 0.3 is 6.18 Å². The molecular weight excluding hydrogens is 443 g/mol. The zero-order chi connectivity index (χ0) is 24.9. The number of aliphatic hydroxyl groups excluding tert-OH is 1. The highest BCUT2D eigenvalue weighted by atomic mass is 19.4. The minimum atomic E-state index is -4.39. The number of nitrogens with zero attached hydrogens (tertiary/aromatic N) is 1. The summed E-state index contributed by atoms with van der Waals surface area (Å²) < 4.78 is 44.0. The minimum Gasteiger partial charge on any atom is -0.493 e. The van der Waals surface area contributed by atoms with Gasteiger partial charge in [0.1, 0.15) is 5.75 Å². The Bertz CT molecular complexity index is 926. The average Bonchev–Trinajstić information content (AvgIpc) is 2.81. The van der Waals surface area contributed by atoms with Gasteiger partial charge in [0.05, 0.1) is 18.1 Å². The number of carbonyl (C=O) groups is 1. The molecule has 1 fully saturated rings. The second-order valence-electron chi connectivity index (χ2n) is 9.79. The first-order valence-electron chi connectivity index (χ1n) is 11.8. The normalized spacial score (nSPS) is 19.8. The molecule has 4 nitrogen and oxygen atoms in total. The van der Waals surface area contributed by atoms with Gasteiger partial charge in [0, 0.05) is 31.5 Å². The predicted molar refractivity (Wildman–Crippen MR) is 126 cm³/mol. The topological polar surface area (TPSA) is 49.8 Å². The van der Waals surface area contributed by atoms with Crippen molar-refractivity contribution in [2.45, 2.75) is 45.7 Å². The van der Waals surface area contributed by atoms with Gasteiger partial charge in [-0.25, -0.2) is 0 Å². The number of rotatable bonds is 8. The number of carbonyl (C=O) groups excluding carboxylic acids is 1. The Labute approximate surface area is 199 Å². The lowest BCUT2D eigenvalue weighted by Crippen LogP contribution is -2.47. The summed E-state index contributed by atoms with van der Waals surface area (Å²) in [7, 11) is 0. The monoisotopic (exact) mass is 477 g/mol. The molecule has 1 aliphatic rings. The van der Waals surface area contributed by atoms with Crippen molar-refractivity contribution in [2.24, 2.45) is 17.8 Å². The van der Waals surface area contributed by atoms with Gasteiger partial charge in [-0.2, -0.15) is 13.2 Å². The smallest absolute Gasteiger partial charge is 0.416 e. The summed E-state index contributed by atoms with van der Waals surface area (Å²) in [6, 6.07) is 12.8. The molecule has 3 atom stereocenters. The number of hydrogen-bond acceptors (Lipinski definition) is 3. The maximum atomic E-state index is 13.3. The first-order chi connectivity index (χ1) is 16.1. The molecule has 0 aromatic heterocycles. The number of amides is 1. The summed E-state index contributed by atoms with van der Waals surface area (Å²) in [6.45, 7) is 7.46. The van der Waals surface area contributed by atoms with E-state index in [-0.39, 0.29) is 36.9 Å². The minimum absolute atomic E-state index is 0.00860. The van der Waals surface area contributed by atoms with E-state index in [2.05, 4.69) is 26.0 Å². The average molecular weight is 478 g/mol. The van der Waals surface area contributed by atoms with Crippen molar-refractivity contribution in [3.05, 3.63) is 65.2 Å². The maximum absolute atomic E-state index is 13.3. The second-order valence-corrected chi connectivity index (χ2v) is 9.79. The van der Waals surface area contributed by atoms with Crippen LogP contribution >= 0.6 is 0 Å². The fourth-order valence-electron chi connectivity index (χ4n) is 4.54. The third kappa shape index (κ3) is 6.98. The van der Waals surface area contributed by atoms with Gasteiger partial charge in [0.15, 0.2) is 0 Å². The number of halogens is 3. The Balaban J connectivity index is 1.61. The van der Waals surface area contributed by atoms with Crippen LogP contribution in [-0.2, 0) is 17.4 Å². The van der Waals surface area contributed by atoms with E-state index in [0.717, 1.165) is 24.1 Å². The summed E-state index contributed by atoms with van der Waals surface area (Å²) in [4.78, 5) is 15.1. The first-order valence-corrected chi connectivity index (χ1v) is 11.8. The van der Waals surface area contributed by atoms with Crippen molar-refractivity contribution in [3.8, 4) is 5.75 Å². The van der Waals surface area contributed by atoms with E-state index in [1.807, 2.05) is 19.1 Å². The van der Waals surface area contributed by atoms with Gasteiger partial charge in [-0.15, -0.1) is 0 Å². The Morgan fingerprint density at radius 1 is 1.03 bits per heavy atom. The van der Waals surface area contributed by atoms with Gasteiger partial charge < -0.3 is 14.7 Å². The number of piperidine rings is 1. The van der Waals surface area contributed by atoms with Crippen LogP contribution in [0, 0.1) is 17.8 Å². The molecule has 1 heterocycles. The van der Waals surface area contributed by atoms with E-state index < -0.39 is 11.7 Å². The maximum Gasteiger partial charge on any atom is 0.416 e. The molecule has 0 aliphatic carbocycles. The van der Waals surface area contributed by atoms with Crippen LogP contribution < -0.4 is 4.74 Å². The highest BCUT2D eigenvalue weighted by Crippen LogP contribution is 2.31. The van der Waals surface area contributed by atoms with E-state index in [0.29, 0.717) is 31.2 Å². The fraction of sp³-hybridized carbons (Fsp3) is 0.519. The van der Waals surface area contributed by atoms with Crippen molar-refractivity contribution >= 4 is 5.91 Å². The number of ether oxygens (including phenoxy) is 1. The summed E-state index contributed by atoms with van der Waals surface area (Å²) in [6.07, 6.45) is -2.70. The molecule has 1 saturated heterocycles. The molecular formula is C27H34F3NO3. The van der Waals surface area contributed by atoms with Crippen molar-refractivity contribution in [2.75, 3.05) is 26.3 Å². The Morgan fingerprint density at radius 2 is 1.65 bits per heavy atom. The van der Waals surface area contributed by atoms with Crippen molar-refractivity contribution in [1.82, 2.24) is 4.90 Å². The summed E-state index contributed by atoms with van der Waals surface area (Å²) in [5.41, 5.74) is 1.49. The molecule has 34 heavy (non-hydrogen) atoms. The Morgan fingerprint density at radius 3 is 2.21 bits per heavy atom. The number of likely N-dealkylation sites (tertiary alicyclic amines) is 1. The molecule has 1 amide bonds. The largest absolute Gasteiger partial charge is 0.493 e. The van der Waals surface area contributed by atoms with E-state index in [9.17, 15) is 23.1 Å². The first kappa shape index (κ1) is 26.1. The summed E-state index contributed by atoms with van der Waals surface area (Å²) >= 11 is 0. The molecule has 7 heteroatoms. The molecule has 0 bridgehead atoms. The molecule has 2 aromatic carbocycles. The Kier molecular flexibility index (Phi) is 8.63. The summed E-state index contributed by atoms with van der Waals surface area (Å²) in [5, 5.41) is 9.77. The zero-order valence-corrected chi connectivity index (χ0v) is 20.0. The molecule has 1 N–H and O–H groups in total. The van der Waals surface area contributed by atoms with Gasteiger partial charge in [0.25, 0.3) is 0 Å². The standard InChI is InChI=1S/C27H34F3NO3/c1-18(2)12-20-4-6-23(7-5-20)19(3)26(33)31-14-21(16-32)13-22(15-31)17-34-25-10-8-24(9-11-25)27(28,29)30/h4-11,18-19,21-22,32H,12-17H2,1-3H3. The SMILES string of the molecule is CC(C)Cc1ccc(C(C)C(=O)N2CC(CO)CC(COc3ccc(C(F)(F)F)cc3)C2)cc1. The zero-order valence-electron chi connectivity index (χ0n) is 20.0. The molecule has 2 aromatic rings. The lowest BCUT2D eigenvalue weighted by atomic mass is 9.88. The third-order valence-electron chi connectivity index (χ3n) is 6.36. The lowest BCUT2D eigenvalue weighted by Gasteiger charge is -2.38. The number of alkyl halides is 3. The van der Waals surface area contributed by atoms with Crippen molar-refractivity contribution < 1.29 is 27.8 Å². The van der Waals surface area contributed by atoms with E-state index in [4.69, 9.17) is 4.74 Å². The molecule has 0 radical (unpaired) electrons. The fourth-order valence-corrected chi connectivity index (χ4v) is 4.54. The third-order valence-corrected chi connectivity index (χ3v) is 6.36.